The van der Waals surface area contributed by atoms with Crippen LogP contribution in [0.2, 0.25) is 0 Å². The fraction of sp³-hybridized carbons (Fsp3) is 0.769. The third kappa shape index (κ3) is 3.27. The third-order valence-electron chi connectivity index (χ3n) is 3.38. The van der Waals surface area contributed by atoms with Crippen LogP contribution in [0.4, 0.5) is 17.8 Å². The minimum Gasteiger partial charge on any atom is -0.372 e. The molecular formula is C13H24N6O. The number of anilines is 3. The molecule has 7 heteroatoms. The zero-order chi connectivity index (χ0) is 14.8. The van der Waals surface area contributed by atoms with E-state index in [4.69, 9.17) is 10.5 Å². The van der Waals surface area contributed by atoms with Crippen molar-refractivity contribution < 1.29 is 4.74 Å². The van der Waals surface area contributed by atoms with Gasteiger partial charge in [-0.1, -0.05) is 0 Å². The molecule has 1 aromatic heterocycles. The number of nitrogens with zero attached hydrogens (tertiary/aromatic N) is 5. The van der Waals surface area contributed by atoms with Gasteiger partial charge >= 0.3 is 0 Å². The summed E-state index contributed by atoms with van der Waals surface area (Å²) in [5, 5.41) is 0. The molecule has 2 rings (SSSR count). The Hall–Kier alpha value is -1.63. The van der Waals surface area contributed by atoms with Crippen LogP contribution in [0.15, 0.2) is 0 Å². The van der Waals surface area contributed by atoms with E-state index in [9.17, 15) is 0 Å². The largest absolute Gasteiger partial charge is 0.372 e. The number of hydrogen-bond acceptors (Lipinski definition) is 7. The molecule has 1 aromatic rings. The third-order valence-corrected chi connectivity index (χ3v) is 3.38. The van der Waals surface area contributed by atoms with Crippen LogP contribution in [0.1, 0.15) is 27.7 Å². The number of nitrogen functional groups attached to an aromatic ring is 1. The molecule has 0 bridgehead atoms. The number of morpholine rings is 1. The van der Waals surface area contributed by atoms with Crippen molar-refractivity contribution >= 4 is 17.8 Å². The lowest BCUT2D eigenvalue weighted by Gasteiger charge is -2.38. The normalized spacial score (nSPS) is 18.1. The molecule has 0 aromatic carbocycles. The van der Waals surface area contributed by atoms with Gasteiger partial charge in [0.25, 0.3) is 0 Å². The molecule has 112 valence electrons. The van der Waals surface area contributed by atoms with Crippen molar-refractivity contribution in [3.8, 4) is 0 Å². The van der Waals surface area contributed by atoms with Gasteiger partial charge in [0.05, 0.1) is 12.2 Å². The first-order valence-electron chi connectivity index (χ1n) is 7.10. The fourth-order valence-corrected chi connectivity index (χ4v) is 2.35. The van der Waals surface area contributed by atoms with Gasteiger partial charge in [0.2, 0.25) is 17.8 Å². The Morgan fingerprint density at radius 1 is 1.25 bits per heavy atom. The van der Waals surface area contributed by atoms with E-state index in [1.54, 1.807) is 0 Å². The molecule has 0 unspecified atom stereocenters. The quantitative estimate of drug-likeness (QED) is 0.878. The zero-order valence-corrected chi connectivity index (χ0v) is 12.8. The van der Waals surface area contributed by atoms with E-state index in [0.29, 0.717) is 18.5 Å². The summed E-state index contributed by atoms with van der Waals surface area (Å²) in [5.41, 5.74) is 5.63. The van der Waals surface area contributed by atoms with Gasteiger partial charge < -0.3 is 20.3 Å². The molecule has 0 spiro atoms. The highest BCUT2D eigenvalue weighted by molar-refractivity contribution is 5.44. The maximum absolute atomic E-state index is 5.83. The molecule has 0 atom stereocenters. The molecule has 2 heterocycles. The highest BCUT2D eigenvalue weighted by Crippen LogP contribution is 2.22. The van der Waals surface area contributed by atoms with E-state index < -0.39 is 0 Å². The molecule has 1 aliphatic heterocycles. The van der Waals surface area contributed by atoms with Crippen LogP contribution < -0.4 is 15.5 Å². The van der Waals surface area contributed by atoms with E-state index >= 15 is 0 Å². The van der Waals surface area contributed by atoms with Crippen molar-refractivity contribution in [1.29, 1.82) is 0 Å². The Labute approximate surface area is 120 Å². The summed E-state index contributed by atoms with van der Waals surface area (Å²) in [4.78, 5) is 17.2. The van der Waals surface area contributed by atoms with Gasteiger partial charge in [-0.05, 0) is 27.7 Å². The fourth-order valence-electron chi connectivity index (χ4n) is 2.35. The van der Waals surface area contributed by atoms with Gasteiger partial charge in [-0.15, -0.1) is 0 Å². The lowest BCUT2D eigenvalue weighted by atomic mass is 10.1. The number of nitrogens with two attached hydrogens (primary N) is 1. The molecule has 2 N–H and O–H groups in total. The minimum absolute atomic E-state index is 0.199. The van der Waals surface area contributed by atoms with Gasteiger partial charge in [-0.2, -0.15) is 15.0 Å². The van der Waals surface area contributed by atoms with Crippen molar-refractivity contribution in [2.24, 2.45) is 0 Å². The van der Waals surface area contributed by atoms with E-state index in [2.05, 4.69) is 52.4 Å². The number of ether oxygens (including phenoxy) is 1. The average Bonchev–Trinajstić information content (AvgIpc) is 2.38. The highest BCUT2D eigenvalue weighted by atomic mass is 16.5. The Balaban J connectivity index is 2.27. The summed E-state index contributed by atoms with van der Waals surface area (Å²) in [6.07, 6.45) is 0. The molecule has 1 saturated heterocycles. The van der Waals surface area contributed by atoms with Crippen LogP contribution in [-0.4, -0.2) is 53.3 Å². The molecule has 0 aliphatic carbocycles. The molecule has 1 fully saturated rings. The van der Waals surface area contributed by atoms with Crippen LogP contribution in [0.5, 0.6) is 0 Å². The van der Waals surface area contributed by atoms with Crippen LogP contribution >= 0.6 is 0 Å². The summed E-state index contributed by atoms with van der Waals surface area (Å²) in [6, 6.07) is 0. The Morgan fingerprint density at radius 3 is 2.55 bits per heavy atom. The summed E-state index contributed by atoms with van der Waals surface area (Å²) < 4.78 is 5.71. The molecular weight excluding hydrogens is 256 g/mol. The SMILES string of the molecule is CCN(CC)c1nc(N)nc(N2CCOC(C)(C)C2)n1. The summed E-state index contributed by atoms with van der Waals surface area (Å²) in [6.45, 7) is 12.1. The predicted octanol–water partition coefficient (Wildman–Crippen LogP) is 0.915. The van der Waals surface area contributed by atoms with E-state index in [1.807, 2.05) is 0 Å². The predicted molar refractivity (Wildman–Crippen MR) is 80.0 cm³/mol. The maximum atomic E-state index is 5.83. The Kier molecular flexibility index (Phi) is 4.27. The van der Waals surface area contributed by atoms with E-state index in [0.717, 1.165) is 26.2 Å². The summed E-state index contributed by atoms with van der Waals surface area (Å²) in [5.74, 6) is 1.54. The van der Waals surface area contributed by atoms with Gasteiger partial charge in [-0.3, -0.25) is 0 Å². The van der Waals surface area contributed by atoms with Crippen LogP contribution in [0.25, 0.3) is 0 Å². The molecule has 0 radical (unpaired) electrons. The van der Waals surface area contributed by atoms with Crippen molar-refractivity contribution in [3.63, 3.8) is 0 Å². The van der Waals surface area contributed by atoms with E-state index in [-0.39, 0.29) is 11.5 Å². The molecule has 7 nitrogen and oxygen atoms in total. The number of hydrogen-bond donors (Lipinski definition) is 1. The van der Waals surface area contributed by atoms with Gasteiger partial charge in [-0.25, -0.2) is 0 Å². The summed E-state index contributed by atoms with van der Waals surface area (Å²) >= 11 is 0. The van der Waals surface area contributed by atoms with Crippen LogP contribution in [0, 0.1) is 0 Å². The second kappa shape index (κ2) is 5.78. The smallest absolute Gasteiger partial charge is 0.232 e. The topological polar surface area (TPSA) is 80.4 Å². The molecule has 0 amide bonds. The Bertz CT molecular complexity index is 460. The maximum Gasteiger partial charge on any atom is 0.232 e. The Morgan fingerprint density at radius 2 is 1.95 bits per heavy atom. The lowest BCUT2D eigenvalue weighted by molar-refractivity contribution is -0.0281. The van der Waals surface area contributed by atoms with Gasteiger partial charge in [0.15, 0.2) is 0 Å². The molecule has 0 saturated carbocycles. The monoisotopic (exact) mass is 280 g/mol. The van der Waals surface area contributed by atoms with Crippen molar-refractivity contribution in [3.05, 3.63) is 0 Å². The highest BCUT2D eigenvalue weighted by Gasteiger charge is 2.29. The second-order valence-electron chi connectivity index (χ2n) is 5.50. The first kappa shape index (κ1) is 14.8. The zero-order valence-electron chi connectivity index (χ0n) is 12.8. The molecule has 20 heavy (non-hydrogen) atoms. The minimum atomic E-state index is -0.199. The first-order chi connectivity index (χ1) is 9.45. The number of aromatic nitrogens is 3. The van der Waals surface area contributed by atoms with Gasteiger partial charge in [0, 0.05) is 26.2 Å². The number of rotatable bonds is 4. The first-order valence-corrected chi connectivity index (χ1v) is 7.10. The second-order valence-corrected chi connectivity index (χ2v) is 5.50. The van der Waals surface area contributed by atoms with Gasteiger partial charge in [0.1, 0.15) is 0 Å². The van der Waals surface area contributed by atoms with E-state index in [1.165, 1.54) is 0 Å². The van der Waals surface area contributed by atoms with Crippen molar-refractivity contribution in [1.82, 2.24) is 15.0 Å². The standard InChI is InChI=1S/C13H24N6O/c1-5-18(6-2)11-15-10(14)16-12(17-11)19-7-8-20-13(3,4)9-19/h5-9H2,1-4H3,(H2,14,15,16,17). The summed E-state index contributed by atoms with van der Waals surface area (Å²) in [7, 11) is 0. The van der Waals surface area contributed by atoms with Crippen LogP contribution in [0.3, 0.4) is 0 Å². The lowest BCUT2D eigenvalue weighted by Crippen LogP contribution is -2.49. The molecule has 1 aliphatic rings. The average molecular weight is 280 g/mol. The van der Waals surface area contributed by atoms with Crippen molar-refractivity contribution in [2.45, 2.75) is 33.3 Å². The van der Waals surface area contributed by atoms with Crippen molar-refractivity contribution in [2.75, 3.05) is 48.3 Å². The van der Waals surface area contributed by atoms with Crippen LogP contribution in [-0.2, 0) is 4.74 Å².